The highest BCUT2D eigenvalue weighted by molar-refractivity contribution is 7.19. The molecule has 0 atom stereocenters. The van der Waals surface area contributed by atoms with Crippen LogP contribution in [-0.4, -0.2) is 24.6 Å². The van der Waals surface area contributed by atoms with Crippen LogP contribution in [0.4, 0.5) is 0 Å². The summed E-state index contributed by atoms with van der Waals surface area (Å²) in [5.41, 5.74) is 9.43. The number of rotatable bonds is 3. The Balaban J connectivity index is 1.83. The van der Waals surface area contributed by atoms with Crippen molar-refractivity contribution in [3.63, 3.8) is 0 Å². The van der Waals surface area contributed by atoms with Crippen molar-refractivity contribution >= 4 is 16.3 Å². The molecule has 0 bridgehead atoms. The van der Waals surface area contributed by atoms with Crippen molar-refractivity contribution in [2.45, 2.75) is 6.54 Å². The Kier molecular flexibility index (Phi) is 3.14. The summed E-state index contributed by atoms with van der Waals surface area (Å²) in [6.45, 7) is 0.485. The number of nitrogens with two attached hydrogens (primary N) is 1. The van der Waals surface area contributed by atoms with Gasteiger partial charge in [0.15, 0.2) is 5.01 Å². The number of aromatic nitrogens is 5. The molecule has 108 valence electrons. The molecule has 2 N–H and O–H groups in total. The molecule has 0 aliphatic heterocycles. The Bertz CT molecular complexity index is 928. The van der Waals surface area contributed by atoms with E-state index < -0.39 is 0 Å². The highest BCUT2D eigenvalue weighted by Crippen LogP contribution is 2.28. The van der Waals surface area contributed by atoms with Gasteiger partial charge in [0, 0.05) is 30.7 Å². The first kappa shape index (κ1) is 13.1. The first-order valence-corrected chi connectivity index (χ1v) is 7.57. The van der Waals surface area contributed by atoms with E-state index in [1.807, 2.05) is 35.0 Å². The molecular formula is C15H12N6S. The number of hydrogen-bond acceptors (Lipinski definition) is 6. The second kappa shape index (κ2) is 5.28. The number of hydrogen-bond donors (Lipinski definition) is 1. The number of pyridine rings is 2. The van der Waals surface area contributed by atoms with Gasteiger partial charge in [-0.2, -0.15) is 5.10 Å². The van der Waals surface area contributed by atoms with E-state index in [2.05, 4.69) is 20.1 Å². The molecule has 0 aliphatic carbocycles. The quantitative estimate of drug-likeness (QED) is 0.628. The predicted molar refractivity (Wildman–Crippen MR) is 85.2 cm³/mol. The lowest BCUT2D eigenvalue weighted by Gasteiger charge is -1.99. The third kappa shape index (κ3) is 2.16. The van der Waals surface area contributed by atoms with E-state index in [0.717, 1.165) is 32.5 Å². The van der Waals surface area contributed by atoms with Gasteiger partial charge in [-0.3, -0.25) is 9.97 Å². The van der Waals surface area contributed by atoms with Crippen molar-refractivity contribution in [1.82, 2.24) is 24.6 Å². The molecule has 0 fully saturated rings. The Labute approximate surface area is 130 Å². The molecular weight excluding hydrogens is 296 g/mol. The molecule has 4 rings (SSSR count). The molecule has 0 radical (unpaired) electrons. The average Bonchev–Trinajstić information content (AvgIpc) is 3.16. The molecule has 0 saturated carbocycles. The van der Waals surface area contributed by atoms with E-state index in [9.17, 15) is 0 Å². The van der Waals surface area contributed by atoms with Gasteiger partial charge in [0.1, 0.15) is 5.69 Å². The Morgan fingerprint density at radius 1 is 1.14 bits per heavy atom. The second-order valence-electron chi connectivity index (χ2n) is 4.74. The van der Waals surface area contributed by atoms with E-state index in [-0.39, 0.29) is 0 Å². The molecule has 0 saturated heterocycles. The van der Waals surface area contributed by atoms with E-state index in [0.29, 0.717) is 6.54 Å². The van der Waals surface area contributed by atoms with Crippen LogP contribution in [0.1, 0.15) is 5.56 Å². The van der Waals surface area contributed by atoms with Gasteiger partial charge in [-0.1, -0.05) is 11.3 Å². The average molecular weight is 308 g/mol. The summed E-state index contributed by atoms with van der Waals surface area (Å²) >= 11 is 1.50. The number of nitrogens with zero attached hydrogens (tertiary/aromatic N) is 5. The standard InChI is InChI=1S/C15H12N6S/c16-7-10-3-5-18-12(6-10)14-20-21-13(9-19-15(21)22-14)11-2-1-4-17-8-11/h1-6,8-9H,7,16H2. The fourth-order valence-corrected chi connectivity index (χ4v) is 3.07. The summed E-state index contributed by atoms with van der Waals surface area (Å²) in [6.07, 6.45) is 7.11. The van der Waals surface area contributed by atoms with Gasteiger partial charge in [0.25, 0.3) is 0 Å². The van der Waals surface area contributed by atoms with Crippen LogP contribution in [0.15, 0.2) is 49.1 Å². The van der Waals surface area contributed by atoms with E-state index in [4.69, 9.17) is 5.73 Å². The molecule has 0 unspecified atom stereocenters. The third-order valence-corrected chi connectivity index (χ3v) is 4.27. The summed E-state index contributed by atoms with van der Waals surface area (Å²) in [6, 6.07) is 7.75. The molecule has 7 heteroatoms. The summed E-state index contributed by atoms with van der Waals surface area (Å²) in [5, 5.41) is 5.46. The minimum absolute atomic E-state index is 0.485. The maximum atomic E-state index is 5.68. The normalized spacial score (nSPS) is 11.1. The zero-order valence-electron chi connectivity index (χ0n) is 11.5. The van der Waals surface area contributed by atoms with Crippen LogP contribution >= 0.6 is 11.3 Å². The molecule has 22 heavy (non-hydrogen) atoms. The van der Waals surface area contributed by atoms with Crippen molar-refractivity contribution in [1.29, 1.82) is 0 Å². The minimum atomic E-state index is 0.485. The molecule has 4 aromatic heterocycles. The van der Waals surface area contributed by atoms with Gasteiger partial charge < -0.3 is 5.73 Å². The fraction of sp³-hybridized carbons (Fsp3) is 0.0667. The maximum Gasteiger partial charge on any atom is 0.213 e. The summed E-state index contributed by atoms with van der Waals surface area (Å²) in [7, 11) is 0. The van der Waals surface area contributed by atoms with Gasteiger partial charge in [0.05, 0.1) is 11.9 Å². The molecule has 0 spiro atoms. The Hall–Kier alpha value is -2.64. The summed E-state index contributed by atoms with van der Waals surface area (Å²) in [4.78, 5) is 13.8. The van der Waals surface area contributed by atoms with Crippen LogP contribution in [0.2, 0.25) is 0 Å². The zero-order chi connectivity index (χ0) is 14.9. The number of imidazole rings is 1. The molecule has 4 aromatic rings. The predicted octanol–water partition coefficient (Wildman–Crippen LogP) is 2.37. The lowest BCUT2D eigenvalue weighted by molar-refractivity contribution is 0.977. The largest absolute Gasteiger partial charge is 0.326 e. The highest BCUT2D eigenvalue weighted by Gasteiger charge is 2.13. The van der Waals surface area contributed by atoms with Crippen LogP contribution in [0.3, 0.4) is 0 Å². The topological polar surface area (TPSA) is 82.0 Å². The smallest absolute Gasteiger partial charge is 0.213 e. The van der Waals surface area contributed by atoms with Gasteiger partial charge in [-0.25, -0.2) is 9.50 Å². The molecule has 4 heterocycles. The van der Waals surface area contributed by atoms with Crippen LogP contribution in [0, 0.1) is 0 Å². The van der Waals surface area contributed by atoms with Crippen molar-refractivity contribution < 1.29 is 0 Å². The van der Waals surface area contributed by atoms with Crippen LogP contribution < -0.4 is 5.73 Å². The fourth-order valence-electron chi connectivity index (χ4n) is 2.23. The van der Waals surface area contributed by atoms with Gasteiger partial charge in [0.2, 0.25) is 4.96 Å². The van der Waals surface area contributed by atoms with Crippen molar-refractivity contribution in [2.75, 3.05) is 0 Å². The zero-order valence-corrected chi connectivity index (χ0v) is 12.4. The molecule has 6 nitrogen and oxygen atoms in total. The molecule has 0 aliphatic rings. The third-order valence-electron chi connectivity index (χ3n) is 3.32. The molecule has 0 amide bonds. The first-order chi connectivity index (χ1) is 10.8. The number of fused-ring (bicyclic) bond motifs is 1. The summed E-state index contributed by atoms with van der Waals surface area (Å²) < 4.78 is 1.83. The lowest BCUT2D eigenvalue weighted by atomic mass is 10.2. The van der Waals surface area contributed by atoms with Gasteiger partial charge >= 0.3 is 0 Å². The van der Waals surface area contributed by atoms with E-state index in [1.165, 1.54) is 11.3 Å². The highest BCUT2D eigenvalue weighted by atomic mass is 32.1. The molecule has 0 aromatic carbocycles. The minimum Gasteiger partial charge on any atom is -0.326 e. The lowest BCUT2D eigenvalue weighted by Crippen LogP contribution is -1.97. The monoisotopic (exact) mass is 308 g/mol. The SMILES string of the molecule is NCc1ccnc(-c2nn3c(-c4cccnc4)cnc3s2)c1. The van der Waals surface area contributed by atoms with Gasteiger partial charge in [-0.05, 0) is 29.8 Å². The Morgan fingerprint density at radius 2 is 2.09 bits per heavy atom. The van der Waals surface area contributed by atoms with Crippen LogP contribution in [0.5, 0.6) is 0 Å². The second-order valence-corrected chi connectivity index (χ2v) is 5.70. The van der Waals surface area contributed by atoms with Crippen molar-refractivity contribution in [3.05, 3.63) is 54.6 Å². The van der Waals surface area contributed by atoms with Crippen molar-refractivity contribution in [2.24, 2.45) is 5.73 Å². The van der Waals surface area contributed by atoms with E-state index >= 15 is 0 Å². The van der Waals surface area contributed by atoms with Crippen LogP contribution in [-0.2, 0) is 6.54 Å². The van der Waals surface area contributed by atoms with E-state index in [1.54, 1.807) is 18.6 Å². The maximum absolute atomic E-state index is 5.68. The first-order valence-electron chi connectivity index (χ1n) is 6.75. The van der Waals surface area contributed by atoms with Gasteiger partial charge in [-0.15, -0.1) is 0 Å². The van der Waals surface area contributed by atoms with Crippen LogP contribution in [0.25, 0.3) is 26.9 Å². The Morgan fingerprint density at radius 3 is 2.91 bits per heavy atom. The van der Waals surface area contributed by atoms with Crippen molar-refractivity contribution in [3.8, 4) is 22.0 Å². The summed E-state index contributed by atoms with van der Waals surface area (Å²) in [5.74, 6) is 0.